The molecule has 0 fully saturated rings. The van der Waals surface area contributed by atoms with Crippen molar-refractivity contribution >= 4 is 11.4 Å². The number of nitriles is 1. The maximum Gasteiger partial charge on any atom is 0.125 e. The van der Waals surface area contributed by atoms with Crippen LogP contribution in [-0.4, -0.2) is 0 Å². The molecule has 92 valence electrons. The van der Waals surface area contributed by atoms with Crippen molar-refractivity contribution in [2.75, 3.05) is 11.1 Å². The number of nitrogens with one attached hydrogen (secondary N) is 1. The predicted octanol–water partition coefficient (Wildman–Crippen LogP) is 3.10. The molecule has 4 nitrogen and oxygen atoms in total. The summed E-state index contributed by atoms with van der Waals surface area (Å²) in [6.07, 6.45) is 1.97. The van der Waals surface area contributed by atoms with E-state index in [0.717, 1.165) is 17.0 Å². The summed E-state index contributed by atoms with van der Waals surface area (Å²) < 4.78 is 5.33. The Bertz CT molecular complexity index is 555. The maximum absolute atomic E-state index is 8.73. The van der Waals surface area contributed by atoms with E-state index in [9.17, 15) is 0 Å². The molecule has 1 atom stereocenters. The van der Waals surface area contributed by atoms with E-state index in [4.69, 9.17) is 15.4 Å². The van der Waals surface area contributed by atoms with Gasteiger partial charge in [0.25, 0.3) is 0 Å². The number of benzene rings is 1. The van der Waals surface area contributed by atoms with Crippen molar-refractivity contribution in [3.05, 3.63) is 47.9 Å². The summed E-state index contributed by atoms with van der Waals surface area (Å²) in [6, 6.07) is 11.6. The first-order valence-corrected chi connectivity index (χ1v) is 5.76. The summed E-state index contributed by atoms with van der Waals surface area (Å²) in [5.74, 6) is 0.869. The molecule has 0 aliphatic heterocycles. The van der Waals surface area contributed by atoms with Crippen LogP contribution < -0.4 is 11.1 Å². The van der Waals surface area contributed by atoms with E-state index in [1.165, 1.54) is 0 Å². The second kappa shape index (κ2) is 5.28. The summed E-state index contributed by atoms with van der Waals surface area (Å²) >= 11 is 0. The molecule has 0 aliphatic rings. The van der Waals surface area contributed by atoms with Gasteiger partial charge in [-0.15, -0.1) is 0 Å². The molecule has 0 amide bonds. The normalized spacial score (nSPS) is 11.8. The Morgan fingerprint density at radius 3 is 2.94 bits per heavy atom. The molecule has 4 heteroatoms. The van der Waals surface area contributed by atoms with E-state index in [1.807, 2.05) is 37.3 Å². The van der Waals surface area contributed by atoms with Gasteiger partial charge in [-0.05, 0) is 42.8 Å². The Kier molecular flexibility index (Phi) is 3.54. The molecule has 1 aromatic carbocycles. The van der Waals surface area contributed by atoms with Crippen molar-refractivity contribution in [1.29, 1.82) is 5.26 Å². The first-order valence-electron chi connectivity index (χ1n) is 5.76. The fourth-order valence-electron chi connectivity index (χ4n) is 1.79. The van der Waals surface area contributed by atoms with Crippen LogP contribution in [0.4, 0.5) is 11.4 Å². The summed E-state index contributed by atoms with van der Waals surface area (Å²) in [4.78, 5) is 0. The van der Waals surface area contributed by atoms with Gasteiger partial charge in [-0.2, -0.15) is 5.26 Å². The molecule has 0 spiro atoms. The second-order valence-corrected chi connectivity index (χ2v) is 4.13. The zero-order valence-corrected chi connectivity index (χ0v) is 10.2. The van der Waals surface area contributed by atoms with Crippen LogP contribution in [0.2, 0.25) is 0 Å². The number of nitrogens with zero attached hydrogens (tertiary/aromatic N) is 1. The average molecular weight is 241 g/mol. The highest BCUT2D eigenvalue weighted by atomic mass is 16.3. The number of hydrogen-bond acceptors (Lipinski definition) is 4. The Balaban J connectivity index is 2.15. The Morgan fingerprint density at radius 1 is 1.44 bits per heavy atom. The molecule has 1 unspecified atom stereocenters. The SMILES string of the molecule is CC(Nc1ccc(N)c(CC#N)c1)c1ccco1. The van der Waals surface area contributed by atoms with Gasteiger partial charge in [-0.1, -0.05) is 0 Å². The molecule has 1 heterocycles. The van der Waals surface area contributed by atoms with Gasteiger partial charge in [0.15, 0.2) is 0 Å². The number of nitrogen functional groups attached to an aromatic ring is 1. The van der Waals surface area contributed by atoms with Crippen LogP contribution in [0, 0.1) is 11.3 Å². The highest BCUT2D eigenvalue weighted by Crippen LogP contribution is 2.23. The molecule has 0 aliphatic carbocycles. The third kappa shape index (κ3) is 2.64. The van der Waals surface area contributed by atoms with Crippen molar-refractivity contribution in [2.24, 2.45) is 0 Å². The summed E-state index contributed by atoms with van der Waals surface area (Å²) in [5.41, 5.74) is 8.22. The van der Waals surface area contributed by atoms with Crippen LogP contribution in [0.1, 0.15) is 24.3 Å². The van der Waals surface area contributed by atoms with Gasteiger partial charge in [0.1, 0.15) is 5.76 Å². The van der Waals surface area contributed by atoms with Gasteiger partial charge in [0.05, 0.1) is 24.8 Å². The van der Waals surface area contributed by atoms with Crippen molar-refractivity contribution < 1.29 is 4.42 Å². The van der Waals surface area contributed by atoms with E-state index >= 15 is 0 Å². The lowest BCUT2D eigenvalue weighted by Crippen LogP contribution is -2.06. The first-order chi connectivity index (χ1) is 8.70. The standard InChI is InChI=1S/C14H15N3O/c1-10(14-3-2-8-18-14)17-12-4-5-13(16)11(9-12)6-7-15/h2-5,8-10,17H,6,16H2,1H3. The van der Waals surface area contributed by atoms with Crippen LogP contribution in [0.25, 0.3) is 0 Å². The van der Waals surface area contributed by atoms with Gasteiger partial charge in [0.2, 0.25) is 0 Å². The number of rotatable bonds is 4. The Labute approximate surface area is 106 Å². The lowest BCUT2D eigenvalue weighted by Gasteiger charge is -2.14. The lowest BCUT2D eigenvalue weighted by molar-refractivity contribution is 0.490. The van der Waals surface area contributed by atoms with E-state index < -0.39 is 0 Å². The summed E-state index contributed by atoms with van der Waals surface area (Å²) in [5, 5.41) is 12.0. The molecule has 0 bridgehead atoms. The van der Waals surface area contributed by atoms with E-state index in [0.29, 0.717) is 12.1 Å². The third-order valence-electron chi connectivity index (χ3n) is 2.77. The van der Waals surface area contributed by atoms with Crippen LogP contribution in [-0.2, 0) is 6.42 Å². The van der Waals surface area contributed by atoms with E-state index in [-0.39, 0.29) is 6.04 Å². The van der Waals surface area contributed by atoms with E-state index in [1.54, 1.807) is 6.26 Å². The topological polar surface area (TPSA) is 75.0 Å². The fraction of sp³-hybridized carbons (Fsp3) is 0.214. The number of hydrogen-bond donors (Lipinski definition) is 2. The predicted molar refractivity (Wildman–Crippen MR) is 70.9 cm³/mol. The van der Waals surface area contributed by atoms with Crippen molar-refractivity contribution in [1.82, 2.24) is 0 Å². The minimum atomic E-state index is 0.0681. The molecular weight excluding hydrogens is 226 g/mol. The molecule has 0 radical (unpaired) electrons. The lowest BCUT2D eigenvalue weighted by atomic mass is 10.1. The summed E-state index contributed by atoms with van der Waals surface area (Å²) in [7, 11) is 0. The molecule has 0 saturated carbocycles. The van der Waals surface area contributed by atoms with Crippen LogP contribution in [0.15, 0.2) is 41.0 Å². The molecule has 18 heavy (non-hydrogen) atoms. The molecule has 1 aromatic heterocycles. The van der Waals surface area contributed by atoms with Crippen molar-refractivity contribution in [3.63, 3.8) is 0 Å². The number of furan rings is 1. The van der Waals surface area contributed by atoms with Crippen LogP contribution in [0.5, 0.6) is 0 Å². The fourth-order valence-corrected chi connectivity index (χ4v) is 1.79. The maximum atomic E-state index is 8.73. The second-order valence-electron chi connectivity index (χ2n) is 4.13. The minimum absolute atomic E-state index is 0.0681. The summed E-state index contributed by atoms with van der Waals surface area (Å²) in [6.45, 7) is 2.01. The smallest absolute Gasteiger partial charge is 0.125 e. The molecule has 3 N–H and O–H groups in total. The zero-order chi connectivity index (χ0) is 13.0. The highest BCUT2D eigenvalue weighted by molar-refractivity contribution is 5.58. The number of nitrogens with two attached hydrogens (primary N) is 1. The quantitative estimate of drug-likeness (QED) is 0.806. The van der Waals surface area contributed by atoms with Gasteiger partial charge >= 0.3 is 0 Å². The van der Waals surface area contributed by atoms with Crippen LogP contribution in [0.3, 0.4) is 0 Å². The molecule has 2 aromatic rings. The minimum Gasteiger partial charge on any atom is -0.467 e. The Morgan fingerprint density at radius 2 is 2.28 bits per heavy atom. The van der Waals surface area contributed by atoms with Gasteiger partial charge in [-0.25, -0.2) is 0 Å². The monoisotopic (exact) mass is 241 g/mol. The average Bonchev–Trinajstić information content (AvgIpc) is 2.87. The van der Waals surface area contributed by atoms with Crippen molar-refractivity contribution in [2.45, 2.75) is 19.4 Å². The van der Waals surface area contributed by atoms with Crippen molar-refractivity contribution in [3.8, 4) is 6.07 Å². The van der Waals surface area contributed by atoms with E-state index in [2.05, 4.69) is 11.4 Å². The third-order valence-corrected chi connectivity index (χ3v) is 2.77. The molecular formula is C14H15N3O. The van der Waals surface area contributed by atoms with Gasteiger partial charge in [0, 0.05) is 11.4 Å². The zero-order valence-electron chi connectivity index (χ0n) is 10.2. The number of anilines is 2. The van der Waals surface area contributed by atoms with Gasteiger partial charge in [-0.3, -0.25) is 0 Å². The largest absolute Gasteiger partial charge is 0.467 e. The van der Waals surface area contributed by atoms with Gasteiger partial charge < -0.3 is 15.5 Å². The Hall–Kier alpha value is -2.41. The molecule has 2 rings (SSSR count). The molecule has 0 saturated heterocycles. The van der Waals surface area contributed by atoms with Crippen LogP contribution >= 0.6 is 0 Å². The first kappa shape index (κ1) is 12.1. The highest BCUT2D eigenvalue weighted by Gasteiger charge is 2.08.